The number of hydrogen-bond donors (Lipinski definition) is 0. The van der Waals surface area contributed by atoms with Gasteiger partial charge in [-0.3, -0.25) is 0 Å². The fourth-order valence-corrected chi connectivity index (χ4v) is 4.14. The fourth-order valence-electron chi connectivity index (χ4n) is 2.98. The summed E-state index contributed by atoms with van der Waals surface area (Å²) in [5.74, 6) is -0.0286. The molecule has 0 saturated heterocycles. The molecule has 4 aromatic carbocycles. The molecule has 0 aliphatic rings. The zero-order valence-electron chi connectivity index (χ0n) is 13.5. The third-order valence-corrected chi connectivity index (χ3v) is 5.48. The van der Waals surface area contributed by atoms with Crippen LogP contribution in [0.15, 0.2) is 83.8 Å². The SMILES string of the molecule is N#[N+]c1c(OS(=O)(=O)c2cccc3ccccc23)ccc2ccccc12. The Bertz CT molecular complexity index is 1290. The van der Waals surface area contributed by atoms with E-state index in [4.69, 9.17) is 4.18 Å². The molecule has 0 spiro atoms. The largest absolute Gasteiger partial charge is 0.435 e. The highest BCUT2D eigenvalue weighted by atomic mass is 32.2. The molecule has 0 radical (unpaired) electrons. The smallest absolute Gasteiger partial charge is 0.370 e. The normalized spacial score (nSPS) is 11.3. The highest BCUT2D eigenvalue weighted by Gasteiger charge is 2.27. The summed E-state index contributed by atoms with van der Waals surface area (Å²) < 4.78 is 31.1. The first-order valence-electron chi connectivity index (χ1n) is 7.89. The van der Waals surface area contributed by atoms with Crippen molar-refractivity contribution in [2.24, 2.45) is 0 Å². The van der Waals surface area contributed by atoms with Gasteiger partial charge in [-0.1, -0.05) is 60.7 Å². The number of diazo groups is 1. The highest BCUT2D eigenvalue weighted by Crippen LogP contribution is 2.38. The number of hydrogen-bond acceptors (Lipinski definition) is 4. The van der Waals surface area contributed by atoms with Crippen LogP contribution in [-0.2, 0) is 10.1 Å². The molecular weight excluding hydrogens is 348 g/mol. The molecule has 0 saturated carbocycles. The van der Waals surface area contributed by atoms with Gasteiger partial charge in [0.2, 0.25) is 11.1 Å². The summed E-state index contributed by atoms with van der Waals surface area (Å²) in [5.41, 5.74) is 0.0758. The Labute approximate surface area is 150 Å². The second-order valence-corrected chi connectivity index (χ2v) is 7.26. The van der Waals surface area contributed by atoms with E-state index in [0.717, 1.165) is 10.8 Å². The molecule has 0 fully saturated rings. The molecule has 0 bridgehead atoms. The van der Waals surface area contributed by atoms with E-state index in [-0.39, 0.29) is 16.3 Å². The Morgan fingerprint density at radius 3 is 2.08 bits per heavy atom. The Morgan fingerprint density at radius 1 is 0.731 bits per heavy atom. The van der Waals surface area contributed by atoms with Crippen molar-refractivity contribution in [1.82, 2.24) is 0 Å². The van der Waals surface area contributed by atoms with Crippen LogP contribution in [-0.4, -0.2) is 8.42 Å². The summed E-state index contributed by atoms with van der Waals surface area (Å²) in [7, 11) is -4.11. The van der Waals surface area contributed by atoms with Gasteiger partial charge in [0.25, 0.3) is 0 Å². The second-order valence-electron chi connectivity index (χ2n) is 5.75. The third-order valence-electron chi connectivity index (χ3n) is 4.18. The lowest BCUT2D eigenvalue weighted by Crippen LogP contribution is -2.10. The average molecular weight is 361 g/mol. The quantitative estimate of drug-likeness (QED) is 0.369. The number of benzene rings is 4. The van der Waals surface area contributed by atoms with Crippen LogP contribution < -0.4 is 4.18 Å². The maximum atomic E-state index is 12.9. The lowest BCUT2D eigenvalue weighted by Gasteiger charge is -2.09. The first-order valence-corrected chi connectivity index (χ1v) is 9.30. The third kappa shape index (κ3) is 2.65. The predicted molar refractivity (Wildman–Crippen MR) is 100 cm³/mol. The molecular formula is C20H13N2O3S+. The van der Waals surface area contributed by atoms with E-state index in [2.05, 4.69) is 4.98 Å². The van der Waals surface area contributed by atoms with Crippen LogP contribution in [0, 0.1) is 5.39 Å². The molecule has 0 heterocycles. The molecule has 0 amide bonds. The van der Waals surface area contributed by atoms with Gasteiger partial charge in [-0.25, -0.2) is 0 Å². The van der Waals surface area contributed by atoms with Gasteiger partial charge < -0.3 is 4.18 Å². The van der Waals surface area contributed by atoms with E-state index in [9.17, 15) is 13.8 Å². The van der Waals surface area contributed by atoms with E-state index < -0.39 is 10.1 Å². The van der Waals surface area contributed by atoms with Crippen LogP contribution in [0.25, 0.3) is 26.5 Å². The minimum atomic E-state index is -4.11. The standard InChI is InChI=1S/C20H13N2O3S/c21-22-20-17-10-4-2-7-15(17)12-13-18(20)25-26(23,24)19-11-5-8-14-6-1-3-9-16(14)19/h1-13H/q+1. The van der Waals surface area contributed by atoms with Gasteiger partial charge in [-0.05, 0) is 29.0 Å². The van der Waals surface area contributed by atoms with Gasteiger partial charge >= 0.3 is 15.8 Å². The molecule has 0 aliphatic carbocycles. The zero-order chi connectivity index (χ0) is 18.1. The van der Waals surface area contributed by atoms with Gasteiger partial charge in [0.05, 0.1) is 5.39 Å². The summed E-state index contributed by atoms with van der Waals surface area (Å²) in [6.07, 6.45) is 0. The van der Waals surface area contributed by atoms with Crippen molar-refractivity contribution in [3.63, 3.8) is 0 Å². The van der Waals surface area contributed by atoms with Gasteiger partial charge in [-0.15, -0.1) is 0 Å². The second kappa shape index (κ2) is 6.14. The molecule has 0 aliphatic heterocycles. The molecule has 26 heavy (non-hydrogen) atoms. The minimum Gasteiger partial charge on any atom is -0.370 e. The van der Waals surface area contributed by atoms with Gasteiger partial charge in [0, 0.05) is 5.39 Å². The van der Waals surface area contributed by atoms with Crippen LogP contribution >= 0.6 is 0 Å². The molecule has 5 nitrogen and oxygen atoms in total. The predicted octanol–water partition coefficient (Wildman–Crippen LogP) is 5.25. The van der Waals surface area contributed by atoms with Crippen molar-refractivity contribution < 1.29 is 12.6 Å². The number of rotatable bonds is 3. The Hall–Kier alpha value is -3.43. The summed E-state index contributed by atoms with van der Waals surface area (Å²) in [5, 5.41) is 12.2. The molecule has 4 aromatic rings. The molecule has 4 rings (SSSR count). The maximum Gasteiger partial charge on any atom is 0.435 e. The lowest BCUT2D eigenvalue weighted by molar-refractivity contribution is 0.488. The highest BCUT2D eigenvalue weighted by molar-refractivity contribution is 7.87. The zero-order valence-corrected chi connectivity index (χ0v) is 14.3. The lowest BCUT2D eigenvalue weighted by atomic mass is 10.1. The van der Waals surface area contributed by atoms with Crippen LogP contribution in [0.2, 0.25) is 0 Å². The Kier molecular flexibility index (Phi) is 3.79. The van der Waals surface area contributed by atoms with Crippen molar-refractivity contribution >= 4 is 37.4 Å². The molecule has 0 atom stereocenters. The number of fused-ring (bicyclic) bond motifs is 2. The van der Waals surface area contributed by atoms with Gasteiger partial charge in [0.1, 0.15) is 4.90 Å². The summed E-state index contributed by atoms with van der Waals surface area (Å²) in [4.78, 5) is 3.31. The van der Waals surface area contributed by atoms with E-state index in [1.807, 2.05) is 30.3 Å². The van der Waals surface area contributed by atoms with Crippen molar-refractivity contribution in [2.45, 2.75) is 4.90 Å². The van der Waals surface area contributed by atoms with Crippen LogP contribution in [0.3, 0.4) is 0 Å². The first kappa shape index (κ1) is 16.1. The van der Waals surface area contributed by atoms with E-state index in [0.29, 0.717) is 10.8 Å². The number of nitrogens with zero attached hydrogens (tertiary/aromatic N) is 2. The van der Waals surface area contributed by atoms with Gasteiger partial charge in [-0.2, -0.15) is 8.42 Å². The van der Waals surface area contributed by atoms with E-state index >= 15 is 0 Å². The first-order chi connectivity index (χ1) is 12.6. The minimum absolute atomic E-state index is 0.0286. The summed E-state index contributed by atoms with van der Waals surface area (Å²) in [6.45, 7) is 0. The van der Waals surface area contributed by atoms with Crippen LogP contribution in [0.1, 0.15) is 0 Å². The van der Waals surface area contributed by atoms with Crippen molar-refractivity contribution in [3.05, 3.63) is 83.8 Å². The molecule has 0 N–H and O–H groups in total. The molecule has 6 heteroatoms. The van der Waals surface area contributed by atoms with Crippen molar-refractivity contribution in [1.29, 1.82) is 5.39 Å². The van der Waals surface area contributed by atoms with Crippen LogP contribution in [0.4, 0.5) is 5.69 Å². The van der Waals surface area contributed by atoms with Crippen molar-refractivity contribution in [2.75, 3.05) is 0 Å². The average Bonchev–Trinajstić information content (AvgIpc) is 2.67. The Balaban J connectivity index is 1.87. The summed E-state index contributed by atoms with van der Waals surface area (Å²) in [6, 6.07) is 22.6. The summed E-state index contributed by atoms with van der Waals surface area (Å²) >= 11 is 0. The van der Waals surface area contributed by atoms with E-state index in [1.165, 1.54) is 12.1 Å². The van der Waals surface area contributed by atoms with Gasteiger partial charge in [0.15, 0.2) is 4.98 Å². The molecule has 126 valence electrons. The van der Waals surface area contributed by atoms with Crippen LogP contribution in [0.5, 0.6) is 5.75 Å². The fraction of sp³-hybridized carbons (Fsp3) is 0. The monoisotopic (exact) mass is 361 g/mol. The topological polar surface area (TPSA) is 71.5 Å². The van der Waals surface area contributed by atoms with E-state index in [1.54, 1.807) is 36.4 Å². The molecule has 0 aromatic heterocycles. The Morgan fingerprint density at radius 2 is 1.35 bits per heavy atom. The molecule has 0 unspecified atom stereocenters. The maximum absolute atomic E-state index is 12.9. The van der Waals surface area contributed by atoms with Crippen molar-refractivity contribution in [3.8, 4) is 5.75 Å².